The topological polar surface area (TPSA) is 35.9 Å². The Morgan fingerprint density at radius 3 is 2.68 bits per heavy atom. The first-order valence-electron chi connectivity index (χ1n) is 6.62. The van der Waals surface area contributed by atoms with Crippen LogP contribution >= 0.6 is 11.6 Å². The molecule has 1 aromatic carbocycles. The molecule has 0 spiro atoms. The second-order valence-corrected chi connectivity index (χ2v) is 5.34. The van der Waals surface area contributed by atoms with Gasteiger partial charge in [0, 0.05) is 43.3 Å². The number of ether oxygens (including phenoxy) is 1. The van der Waals surface area contributed by atoms with Gasteiger partial charge in [0.2, 0.25) is 0 Å². The van der Waals surface area contributed by atoms with E-state index in [4.69, 9.17) is 16.3 Å². The minimum absolute atomic E-state index is 0.0512. The lowest BCUT2D eigenvalue weighted by Gasteiger charge is -2.32. The molecule has 0 aliphatic carbocycles. The summed E-state index contributed by atoms with van der Waals surface area (Å²) in [5.74, 6) is 0.723. The molecule has 0 radical (unpaired) electrons. The smallest absolute Gasteiger partial charge is 0.124 e. The second-order valence-electron chi connectivity index (χ2n) is 4.90. The third-order valence-electron chi connectivity index (χ3n) is 3.45. The summed E-state index contributed by atoms with van der Waals surface area (Å²) in [6.07, 6.45) is 0. The summed E-state index contributed by atoms with van der Waals surface area (Å²) in [5.41, 5.74) is 0.742. The number of benzene rings is 1. The van der Waals surface area contributed by atoms with Crippen molar-refractivity contribution in [3.8, 4) is 5.75 Å². The number of likely N-dealkylation sites (N-methyl/N-ethyl adjacent to an activating group) is 1. The first-order chi connectivity index (χ1) is 9.19. The van der Waals surface area contributed by atoms with Crippen LogP contribution in [0.25, 0.3) is 0 Å². The van der Waals surface area contributed by atoms with Crippen LogP contribution in [0.5, 0.6) is 5.75 Å². The molecule has 5 heteroatoms. The van der Waals surface area contributed by atoms with E-state index in [-0.39, 0.29) is 6.61 Å². The Balaban J connectivity index is 1.79. The van der Waals surface area contributed by atoms with E-state index in [1.807, 2.05) is 6.07 Å². The lowest BCUT2D eigenvalue weighted by molar-refractivity contribution is 0.133. The fraction of sp³-hybridized carbons (Fsp3) is 0.571. The standard InChI is InChI=1S/C14H21ClN2O2/c1-16-4-6-17(7-5-16)8-9-19-14-3-2-13(15)10-12(14)11-18/h2-3,10,18H,4-9,11H2,1H3. The van der Waals surface area contributed by atoms with E-state index in [2.05, 4.69) is 16.8 Å². The summed E-state index contributed by atoms with van der Waals surface area (Å²) >= 11 is 5.89. The van der Waals surface area contributed by atoms with Gasteiger partial charge in [-0.3, -0.25) is 4.90 Å². The number of halogens is 1. The van der Waals surface area contributed by atoms with E-state index in [1.54, 1.807) is 12.1 Å². The van der Waals surface area contributed by atoms with Crippen molar-refractivity contribution in [3.63, 3.8) is 0 Å². The Labute approximate surface area is 119 Å². The van der Waals surface area contributed by atoms with Crippen LogP contribution in [0.4, 0.5) is 0 Å². The Kier molecular flexibility index (Phi) is 5.45. The molecule has 106 valence electrons. The fourth-order valence-electron chi connectivity index (χ4n) is 2.17. The number of aliphatic hydroxyl groups excluding tert-OH is 1. The van der Waals surface area contributed by atoms with E-state index in [9.17, 15) is 5.11 Å². The molecule has 0 unspecified atom stereocenters. The van der Waals surface area contributed by atoms with E-state index >= 15 is 0 Å². The van der Waals surface area contributed by atoms with Crippen LogP contribution in [0.1, 0.15) is 5.56 Å². The lowest BCUT2D eigenvalue weighted by Crippen LogP contribution is -2.45. The minimum Gasteiger partial charge on any atom is -0.492 e. The van der Waals surface area contributed by atoms with Crippen LogP contribution < -0.4 is 4.74 Å². The van der Waals surface area contributed by atoms with Crippen molar-refractivity contribution < 1.29 is 9.84 Å². The third-order valence-corrected chi connectivity index (χ3v) is 3.69. The molecule has 0 saturated carbocycles. The van der Waals surface area contributed by atoms with Crippen LogP contribution in [0.3, 0.4) is 0 Å². The zero-order valence-electron chi connectivity index (χ0n) is 11.3. The van der Waals surface area contributed by atoms with Gasteiger partial charge in [0.25, 0.3) is 0 Å². The Bertz CT molecular complexity index is 406. The maximum atomic E-state index is 9.27. The van der Waals surface area contributed by atoms with Crippen molar-refractivity contribution >= 4 is 11.6 Å². The van der Waals surface area contributed by atoms with Crippen LogP contribution in [0.2, 0.25) is 5.02 Å². The fourth-order valence-corrected chi connectivity index (χ4v) is 2.36. The highest BCUT2D eigenvalue weighted by Crippen LogP contribution is 2.22. The summed E-state index contributed by atoms with van der Waals surface area (Å²) < 4.78 is 5.74. The molecule has 0 amide bonds. The summed E-state index contributed by atoms with van der Waals surface area (Å²) in [5, 5.41) is 9.89. The van der Waals surface area contributed by atoms with Gasteiger partial charge in [-0.2, -0.15) is 0 Å². The Morgan fingerprint density at radius 2 is 2.00 bits per heavy atom. The SMILES string of the molecule is CN1CCN(CCOc2ccc(Cl)cc2CO)CC1. The van der Waals surface area contributed by atoms with Gasteiger partial charge in [0.1, 0.15) is 12.4 Å². The zero-order valence-corrected chi connectivity index (χ0v) is 12.1. The number of hydrogen-bond acceptors (Lipinski definition) is 4. The first kappa shape index (κ1) is 14.6. The second kappa shape index (κ2) is 7.10. The van der Waals surface area contributed by atoms with Crippen LogP contribution in [0, 0.1) is 0 Å². The molecule has 1 heterocycles. The molecule has 0 atom stereocenters. The molecular weight excluding hydrogens is 264 g/mol. The lowest BCUT2D eigenvalue weighted by atomic mass is 10.2. The summed E-state index contributed by atoms with van der Waals surface area (Å²) in [6.45, 7) is 5.91. The molecule has 1 aromatic rings. The molecule has 1 aliphatic rings. The molecule has 1 saturated heterocycles. The predicted molar refractivity (Wildman–Crippen MR) is 76.8 cm³/mol. The normalized spacial score (nSPS) is 17.6. The number of aliphatic hydroxyl groups is 1. The quantitative estimate of drug-likeness (QED) is 0.888. The highest BCUT2D eigenvalue weighted by molar-refractivity contribution is 6.30. The average Bonchev–Trinajstić information content (AvgIpc) is 2.42. The number of piperazine rings is 1. The molecule has 0 bridgehead atoms. The Morgan fingerprint density at radius 1 is 1.26 bits per heavy atom. The van der Waals surface area contributed by atoms with E-state index in [0.717, 1.165) is 44.0 Å². The molecule has 1 fully saturated rings. The van der Waals surface area contributed by atoms with Crippen LogP contribution in [0.15, 0.2) is 18.2 Å². The van der Waals surface area contributed by atoms with Crippen LogP contribution in [-0.2, 0) is 6.61 Å². The van der Waals surface area contributed by atoms with E-state index in [1.165, 1.54) is 0 Å². The zero-order chi connectivity index (χ0) is 13.7. The summed E-state index contributed by atoms with van der Waals surface area (Å²) in [6, 6.07) is 5.34. The first-order valence-corrected chi connectivity index (χ1v) is 7.00. The molecule has 4 nitrogen and oxygen atoms in total. The van der Waals surface area contributed by atoms with Crippen molar-refractivity contribution in [2.75, 3.05) is 46.4 Å². The maximum Gasteiger partial charge on any atom is 0.124 e. The third kappa shape index (κ3) is 4.35. The van der Waals surface area contributed by atoms with Crippen molar-refractivity contribution in [2.45, 2.75) is 6.61 Å². The maximum absolute atomic E-state index is 9.27. The van der Waals surface area contributed by atoms with E-state index < -0.39 is 0 Å². The van der Waals surface area contributed by atoms with Crippen LogP contribution in [-0.4, -0.2) is 61.3 Å². The highest BCUT2D eigenvalue weighted by atomic mass is 35.5. The van der Waals surface area contributed by atoms with E-state index in [0.29, 0.717) is 11.6 Å². The monoisotopic (exact) mass is 284 g/mol. The van der Waals surface area contributed by atoms with Gasteiger partial charge in [-0.1, -0.05) is 11.6 Å². The number of nitrogens with zero attached hydrogens (tertiary/aromatic N) is 2. The van der Waals surface area contributed by atoms with Gasteiger partial charge in [-0.15, -0.1) is 0 Å². The summed E-state index contributed by atoms with van der Waals surface area (Å²) in [7, 11) is 2.15. The van der Waals surface area contributed by atoms with Crippen molar-refractivity contribution in [1.82, 2.24) is 9.80 Å². The summed E-state index contributed by atoms with van der Waals surface area (Å²) in [4.78, 5) is 4.73. The number of hydrogen-bond donors (Lipinski definition) is 1. The van der Waals surface area contributed by atoms with Gasteiger partial charge >= 0.3 is 0 Å². The van der Waals surface area contributed by atoms with Gasteiger partial charge in [-0.25, -0.2) is 0 Å². The largest absolute Gasteiger partial charge is 0.492 e. The predicted octanol–water partition coefficient (Wildman–Crippen LogP) is 1.46. The van der Waals surface area contributed by atoms with Gasteiger partial charge in [-0.05, 0) is 25.2 Å². The molecule has 2 rings (SSSR count). The minimum atomic E-state index is -0.0512. The molecule has 0 aromatic heterocycles. The molecular formula is C14H21ClN2O2. The van der Waals surface area contributed by atoms with Gasteiger partial charge < -0.3 is 14.7 Å². The molecule has 1 aliphatic heterocycles. The molecule has 19 heavy (non-hydrogen) atoms. The van der Waals surface area contributed by atoms with Gasteiger partial charge in [0.15, 0.2) is 0 Å². The van der Waals surface area contributed by atoms with Crippen molar-refractivity contribution in [1.29, 1.82) is 0 Å². The Hall–Kier alpha value is -0.810. The average molecular weight is 285 g/mol. The van der Waals surface area contributed by atoms with Gasteiger partial charge in [0.05, 0.1) is 6.61 Å². The highest BCUT2D eigenvalue weighted by Gasteiger charge is 2.13. The molecule has 1 N–H and O–H groups in total. The number of rotatable bonds is 5. The van der Waals surface area contributed by atoms with Crippen molar-refractivity contribution in [3.05, 3.63) is 28.8 Å². The van der Waals surface area contributed by atoms with Crippen molar-refractivity contribution in [2.24, 2.45) is 0 Å².